The molecule has 0 bridgehead atoms. The van der Waals surface area contributed by atoms with Gasteiger partial charge in [0, 0.05) is 0 Å². The largest absolute Gasteiger partial charge is 0.0683 e. The van der Waals surface area contributed by atoms with Crippen LogP contribution in [0, 0.1) is 0 Å². The van der Waals surface area contributed by atoms with Crippen molar-refractivity contribution in [2.45, 2.75) is 159 Å². The third kappa shape index (κ3) is 20.5. The van der Waals surface area contributed by atoms with Gasteiger partial charge in [0.05, 0.1) is 0 Å². The molecule has 0 unspecified atom stereocenters. The Morgan fingerprint density at radius 3 is 0.914 bits per heavy atom. The molecule has 372 valence electrons. The Morgan fingerprint density at radius 2 is 0.514 bits per heavy atom. The number of hydrogen-bond acceptors (Lipinski definition) is 0. The average molecular weight is 934 g/mol. The highest BCUT2D eigenvalue weighted by atomic mass is 14.2. The van der Waals surface area contributed by atoms with Crippen LogP contribution in [-0.2, 0) is 27.1 Å². The summed E-state index contributed by atoms with van der Waals surface area (Å²) in [4.78, 5) is 0. The van der Waals surface area contributed by atoms with Crippen molar-refractivity contribution in [3.05, 3.63) is 240 Å². The Morgan fingerprint density at radius 1 is 0.214 bits per heavy atom. The van der Waals surface area contributed by atoms with Gasteiger partial charge in [0.15, 0.2) is 0 Å². The Hall–Kier alpha value is -5.98. The molecule has 0 heteroatoms. The minimum Gasteiger partial charge on any atom is -0.0683 e. The fourth-order valence-corrected chi connectivity index (χ4v) is 7.56. The van der Waals surface area contributed by atoms with Crippen LogP contribution in [0.3, 0.4) is 0 Å². The van der Waals surface area contributed by atoms with Gasteiger partial charge in [-0.1, -0.05) is 344 Å². The van der Waals surface area contributed by atoms with E-state index in [-0.39, 0.29) is 16.2 Å². The number of hydrogen-bond donors (Lipinski definition) is 0. The van der Waals surface area contributed by atoms with Gasteiger partial charge in [0.25, 0.3) is 0 Å². The Bertz CT molecular complexity index is 2530. The predicted molar refractivity (Wildman–Crippen MR) is 317 cm³/mol. The summed E-state index contributed by atoms with van der Waals surface area (Å²) in [6.45, 7) is 41.6. The van der Waals surface area contributed by atoms with Gasteiger partial charge in [0.2, 0.25) is 0 Å². The van der Waals surface area contributed by atoms with Crippen LogP contribution >= 0.6 is 0 Å². The molecule has 0 radical (unpaired) electrons. The van der Waals surface area contributed by atoms with E-state index >= 15 is 0 Å². The maximum Gasteiger partial charge on any atom is -0.0126 e. The molecule has 8 aromatic rings. The van der Waals surface area contributed by atoms with Gasteiger partial charge in [-0.15, -0.1) is 0 Å². The van der Waals surface area contributed by atoms with E-state index in [1.165, 1.54) is 60.8 Å². The molecule has 0 aliphatic carbocycles. The molecule has 0 aliphatic rings. The minimum atomic E-state index is 0.187. The lowest BCUT2D eigenvalue weighted by atomic mass is 9.82. The third-order valence-electron chi connectivity index (χ3n) is 11.6. The van der Waals surface area contributed by atoms with Crippen LogP contribution in [0.2, 0.25) is 0 Å². The van der Waals surface area contributed by atoms with Crippen LogP contribution in [0.4, 0.5) is 0 Å². The topological polar surface area (TPSA) is 0 Å². The van der Waals surface area contributed by atoms with Crippen molar-refractivity contribution in [1.29, 1.82) is 0 Å². The van der Waals surface area contributed by atoms with Crippen molar-refractivity contribution in [2.75, 3.05) is 0 Å². The van der Waals surface area contributed by atoms with Gasteiger partial charge in [0.1, 0.15) is 0 Å². The maximum atomic E-state index is 2.26. The Kier molecular flexibility index (Phi) is 24.6. The molecule has 0 spiro atoms. The summed E-state index contributed by atoms with van der Waals surface area (Å²) in [6.07, 6.45) is 0. The molecule has 0 fully saturated rings. The molecule has 0 aliphatic heterocycles. The second-order valence-corrected chi connectivity index (χ2v) is 22.4. The average Bonchev–Trinajstić information content (AvgIpc) is 3.36. The highest BCUT2D eigenvalue weighted by Gasteiger charge is 2.18. The molecule has 0 heterocycles. The summed E-state index contributed by atoms with van der Waals surface area (Å²) < 4.78 is 0. The standard InChI is InChI=1S/2C16H18.C14H16.2C10H14.2C2H6/c1-16(2,3)15-12-8-7-11-14(15)13-9-5-4-6-10-13;1-16(2,3)15-11-9-14(10-12-15)13-7-5-4-6-8-13;1-14(2,3)13-10-6-8-11-7-4-5-9-12(11)13;2*1-10(2,3)9-7-5-4-6-8-9;2*1-2/h2*4-12H,1-3H3;4-10H,1-3H3;2*4-8H,1-3H3;2*1-2H3. The highest BCUT2D eigenvalue weighted by Crippen LogP contribution is 2.33. The smallest absolute Gasteiger partial charge is 0.0126 e. The van der Waals surface area contributed by atoms with E-state index in [9.17, 15) is 0 Å². The molecule has 70 heavy (non-hydrogen) atoms. The highest BCUT2D eigenvalue weighted by molar-refractivity contribution is 5.86. The van der Waals surface area contributed by atoms with E-state index in [4.69, 9.17) is 0 Å². The molecule has 0 amide bonds. The summed E-state index contributed by atoms with van der Waals surface area (Å²) >= 11 is 0. The van der Waals surface area contributed by atoms with Gasteiger partial charge in [-0.05, 0) is 87.9 Å². The monoisotopic (exact) mass is 933 g/mol. The first-order valence-corrected chi connectivity index (χ1v) is 25.9. The van der Waals surface area contributed by atoms with E-state index in [1.54, 1.807) is 0 Å². The third-order valence-corrected chi connectivity index (χ3v) is 11.6. The number of fused-ring (bicyclic) bond motifs is 1. The van der Waals surface area contributed by atoms with E-state index in [2.05, 4.69) is 310 Å². The lowest BCUT2D eigenvalue weighted by Crippen LogP contribution is -2.12. The molecule has 0 atom stereocenters. The quantitative estimate of drug-likeness (QED) is 0.162. The Balaban J connectivity index is 0.000000298. The fourth-order valence-electron chi connectivity index (χ4n) is 7.56. The van der Waals surface area contributed by atoms with Crippen LogP contribution in [0.15, 0.2) is 212 Å². The lowest BCUT2D eigenvalue weighted by Gasteiger charge is -2.23. The van der Waals surface area contributed by atoms with Crippen LogP contribution in [0.1, 0.15) is 159 Å². The molecule has 0 saturated carbocycles. The van der Waals surface area contributed by atoms with Crippen molar-refractivity contribution in [1.82, 2.24) is 0 Å². The first-order chi connectivity index (χ1) is 33.0. The molecule has 0 N–H and O–H groups in total. The first kappa shape index (κ1) is 60.1. The van der Waals surface area contributed by atoms with Gasteiger partial charge in [-0.2, -0.15) is 0 Å². The van der Waals surface area contributed by atoms with Crippen LogP contribution in [0.25, 0.3) is 33.0 Å². The van der Waals surface area contributed by atoms with Crippen molar-refractivity contribution >= 4 is 10.8 Å². The number of rotatable bonds is 2. The second-order valence-electron chi connectivity index (χ2n) is 22.4. The van der Waals surface area contributed by atoms with Crippen LogP contribution < -0.4 is 0 Å². The molecular weight excluding hydrogens is 841 g/mol. The summed E-state index contributed by atoms with van der Waals surface area (Å²) in [6, 6.07) is 74.8. The normalized spacial score (nSPS) is 11.1. The molecule has 8 aromatic carbocycles. The van der Waals surface area contributed by atoms with E-state index < -0.39 is 0 Å². The summed E-state index contributed by atoms with van der Waals surface area (Å²) in [5, 5.41) is 2.71. The first-order valence-electron chi connectivity index (χ1n) is 25.9. The van der Waals surface area contributed by atoms with Crippen LogP contribution in [-0.4, -0.2) is 0 Å². The molecule has 0 nitrogen and oxygen atoms in total. The van der Waals surface area contributed by atoms with Crippen molar-refractivity contribution in [3.63, 3.8) is 0 Å². The van der Waals surface area contributed by atoms with Crippen molar-refractivity contribution in [2.24, 2.45) is 0 Å². The summed E-state index contributed by atoms with van der Waals surface area (Å²) in [5.41, 5.74) is 13.4. The van der Waals surface area contributed by atoms with Gasteiger partial charge in [-0.3, -0.25) is 0 Å². The number of benzene rings is 8. The molecule has 0 aromatic heterocycles. The second kappa shape index (κ2) is 28.6. The molecular formula is C70H92. The van der Waals surface area contributed by atoms with Gasteiger partial charge in [-0.25, -0.2) is 0 Å². The minimum absolute atomic E-state index is 0.187. The molecule has 0 saturated heterocycles. The van der Waals surface area contributed by atoms with Crippen molar-refractivity contribution in [3.8, 4) is 22.3 Å². The predicted octanol–water partition coefficient (Wildman–Crippen LogP) is 21.5. The fraction of sp³-hybridized carbons (Fsp3) is 0.343. The summed E-state index contributed by atoms with van der Waals surface area (Å²) in [7, 11) is 0. The SMILES string of the molecule is CC.CC.CC(C)(C)c1ccc(-c2ccccc2)cc1.CC(C)(C)c1cccc2ccccc12.CC(C)(C)c1ccccc1.CC(C)(C)c1ccccc1.CC(C)(C)c1ccccc1-c1ccccc1. The van der Waals surface area contributed by atoms with Gasteiger partial charge < -0.3 is 0 Å². The van der Waals surface area contributed by atoms with E-state index in [0.29, 0.717) is 10.8 Å². The molecule has 8 rings (SSSR count). The van der Waals surface area contributed by atoms with Crippen LogP contribution in [0.5, 0.6) is 0 Å². The maximum absolute atomic E-state index is 2.26. The summed E-state index contributed by atoms with van der Waals surface area (Å²) in [5.74, 6) is 0. The zero-order valence-electron chi connectivity index (χ0n) is 47.2. The lowest BCUT2D eigenvalue weighted by molar-refractivity contribution is 0.590. The zero-order chi connectivity index (χ0) is 52.6. The van der Waals surface area contributed by atoms with E-state index in [1.807, 2.05) is 33.8 Å². The van der Waals surface area contributed by atoms with Crippen molar-refractivity contribution < 1.29 is 0 Å². The Labute approximate surface area is 429 Å². The van der Waals surface area contributed by atoms with Gasteiger partial charge >= 0.3 is 0 Å². The zero-order valence-corrected chi connectivity index (χ0v) is 47.2. The van der Waals surface area contributed by atoms with E-state index in [0.717, 1.165) is 0 Å².